The molecule has 1 saturated heterocycles. The van der Waals surface area contributed by atoms with E-state index in [-0.39, 0.29) is 24.4 Å². The van der Waals surface area contributed by atoms with Gasteiger partial charge in [0.15, 0.2) is 0 Å². The van der Waals surface area contributed by atoms with Crippen molar-refractivity contribution in [2.75, 3.05) is 11.4 Å². The number of hydrogen-bond acceptors (Lipinski definition) is 3. The largest absolute Gasteiger partial charge is 0.481 e. The Morgan fingerprint density at radius 3 is 2.69 bits per heavy atom. The molecule has 6 nitrogen and oxygen atoms in total. The number of hydrogen-bond donors (Lipinski definition) is 2. The topological polar surface area (TPSA) is 90.5 Å². The number of nitrogens with zero attached hydrogens (tertiary/aromatic N) is 1. The van der Waals surface area contributed by atoms with Crippen LogP contribution in [0.1, 0.15) is 6.42 Å². The first-order valence-electron chi connectivity index (χ1n) is 4.80. The highest BCUT2D eigenvalue weighted by atomic mass is 16.4. The van der Waals surface area contributed by atoms with Crippen LogP contribution in [-0.4, -0.2) is 28.5 Å². The number of aromatic amines is 1. The molecule has 0 saturated carbocycles. The lowest BCUT2D eigenvalue weighted by Crippen LogP contribution is -2.26. The van der Waals surface area contributed by atoms with E-state index in [1.54, 1.807) is 0 Å². The van der Waals surface area contributed by atoms with Crippen molar-refractivity contribution >= 4 is 17.6 Å². The van der Waals surface area contributed by atoms with E-state index in [0.717, 1.165) is 0 Å². The van der Waals surface area contributed by atoms with Gasteiger partial charge >= 0.3 is 5.97 Å². The van der Waals surface area contributed by atoms with Crippen LogP contribution in [0.2, 0.25) is 0 Å². The molecule has 16 heavy (non-hydrogen) atoms. The summed E-state index contributed by atoms with van der Waals surface area (Å²) in [6, 6.07) is 2.80. The maximum absolute atomic E-state index is 11.5. The second-order valence-electron chi connectivity index (χ2n) is 3.65. The average Bonchev–Trinajstić information content (AvgIpc) is 2.62. The normalized spacial score (nSPS) is 20.1. The van der Waals surface area contributed by atoms with Crippen LogP contribution in [0.3, 0.4) is 0 Å². The summed E-state index contributed by atoms with van der Waals surface area (Å²) < 4.78 is 0. The lowest BCUT2D eigenvalue weighted by Gasteiger charge is -2.15. The van der Waals surface area contributed by atoms with Crippen LogP contribution in [0.4, 0.5) is 5.69 Å². The zero-order valence-corrected chi connectivity index (χ0v) is 8.34. The molecule has 0 aromatic carbocycles. The predicted octanol–water partition coefficient (Wildman–Crippen LogP) is -0.188. The third-order valence-electron chi connectivity index (χ3n) is 2.55. The maximum atomic E-state index is 11.5. The minimum Gasteiger partial charge on any atom is -0.481 e. The first-order valence-corrected chi connectivity index (χ1v) is 4.80. The summed E-state index contributed by atoms with van der Waals surface area (Å²) in [5.74, 6) is -1.88. The number of aromatic nitrogens is 1. The van der Waals surface area contributed by atoms with E-state index >= 15 is 0 Å². The molecule has 84 valence electrons. The number of rotatable bonds is 2. The number of carboxylic acids is 1. The number of aliphatic carboxylic acids is 1. The van der Waals surface area contributed by atoms with Crippen LogP contribution in [0.5, 0.6) is 0 Å². The van der Waals surface area contributed by atoms with Crippen molar-refractivity contribution in [2.24, 2.45) is 5.92 Å². The Balaban J connectivity index is 2.23. The van der Waals surface area contributed by atoms with E-state index in [9.17, 15) is 14.4 Å². The van der Waals surface area contributed by atoms with Gasteiger partial charge in [-0.2, -0.15) is 0 Å². The minimum atomic E-state index is -0.972. The molecule has 1 aliphatic rings. The highest BCUT2D eigenvalue weighted by Crippen LogP contribution is 2.23. The molecular weight excluding hydrogens is 212 g/mol. The SMILES string of the molecule is O=C(O)C1CC(=O)N(c2ccc(=O)[nH]c2)C1. The molecule has 1 unspecified atom stereocenters. The molecule has 6 heteroatoms. The number of amides is 1. The van der Waals surface area contributed by atoms with Gasteiger partial charge in [-0.15, -0.1) is 0 Å². The fraction of sp³-hybridized carbons (Fsp3) is 0.300. The van der Waals surface area contributed by atoms with Crippen LogP contribution < -0.4 is 10.5 Å². The zero-order valence-electron chi connectivity index (χ0n) is 8.34. The molecule has 1 amide bonds. The van der Waals surface area contributed by atoms with Crippen LogP contribution in [0.15, 0.2) is 23.1 Å². The van der Waals surface area contributed by atoms with E-state index in [1.807, 2.05) is 0 Å². The molecule has 0 radical (unpaired) electrons. The van der Waals surface area contributed by atoms with Crippen LogP contribution in [0, 0.1) is 5.92 Å². The highest BCUT2D eigenvalue weighted by Gasteiger charge is 2.34. The number of pyridine rings is 1. The van der Waals surface area contributed by atoms with Crippen molar-refractivity contribution in [3.63, 3.8) is 0 Å². The van der Waals surface area contributed by atoms with Gasteiger partial charge in [0, 0.05) is 25.2 Å². The fourth-order valence-electron chi connectivity index (χ4n) is 1.69. The third kappa shape index (κ3) is 1.81. The Bertz CT molecular complexity index is 473. The highest BCUT2D eigenvalue weighted by molar-refractivity contribution is 5.99. The lowest BCUT2D eigenvalue weighted by molar-refractivity contribution is -0.141. The van der Waals surface area contributed by atoms with Gasteiger partial charge in [-0.1, -0.05) is 0 Å². The van der Waals surface area contributed by atoms with Crippen molar-refractivity contribution in [3.8, 4) is 0 Å². The first kappa shape index (κ1) is 10.4. The molecule has 0 spiro atoms. The van der Waals surface area contributed by atoms with E-state index in [4.69, 9.17) is 5.11 Å². The van der Waals surface area contributed by atoms with E-state index in [0.29, 0.717) is 5.69 Å². The fourth-order valence-corrected chi connectivity index (χ4v) is 1.69. The Kier molecular flexibility index (Phi) is 2.47. The summed E-state index contributed by atoms with van der Waals surface area (Å²) >= 11 is 0. The second kappa shape index (κ2) is 3.80. The molecule has 2 N–H and O–H groups in total. The van der Waals surface area contributed by atoms with E-state index < -0.39 is 11.9 Å². The maximum Gasteiger partial charge on any atom is 0.308 e. The van der Waals surface area contributed by atoms with Gasteiger partial charge in [0.2, 0.25) is 11.5 Å². The predicted molar refractivity (Wildman–Crippen MR) is 55.2 cm³/mol. The Hall–Kier alpha value is -2.11. The molecule has 1 aromatic rings. The van der Waals surface area contributed by atoms with Crippen LogP contribution in [-0.2, 0) is 9.59 Å². The summed E-state index contributed by atoms with van der Waals surface area (Å²) in [5.41, 5.74) is 0.263. The second-order valence-corrected chi connectivity index (χ2v) is 3.65. The van der Waals surface area contributed by atoms with Gasteiger partial charge in [0.25, 0.3) is 0 Å². The lowest BCUT2D eigenvalue weighted by atomic mass is 10.1. The van der Waals surface area contributed by atoms with Gasteiger partial charge < -0.3 is 15.0 Å². The molecule has 1 aliphatic heterocycles. The molecule has 2 rings (SSSR count). The summed E-state index contributed by atoms with van der Waals surface area (Å²) in [6.07, 6.45) is 1.42. The Morgan fingerprint density at radius 2 is 2.19 bits per heavy atom. The third-order valence-corrected chi connectivity index (χ3v) is 2.55. The first-order chi connectivity index (χ1) is 7.58. The number of nitrogens with one attached hydrogen (secondary N) is 1. The summed E-state index contributed by atoms with van der Waals surface area (Å²) in [5, 5.41) is 8.80. The monoisotopic (exact) mass is 222 g/mol. The van der Waals surface area contributed by atoms with Gasteiger partial charge in [-0.05, 0) is 6.07 Å². The molecule has 1 atom stereocenters. The zero-order chi connectivity index (χ0) is 11.7. The van der Waals surface area contributed by atoms with Crippen LogP contribution >= 0.6 is 0 Å². The van der Waals surface area contributed by atoms with Crippen molar-refractivity contribution in [2.45, 2.75) is 6.42 Å². The van der Waals surface area contributed by atoms with Crippen molar-refractivity contribution in [3.05, 3.63) is 28.7 Å². The Labute approximate surface area is 90.5 Å². The minimum absolute atomic E-state index is 0.00839. The average molecular weight is 222 g/mol. The smallest absolute Gasteiger partial charge is 0.308 e. The molecule has 1 aromatic heterocycles. The van der Waals surface area contributed by atoms with Crippen molar-refractivity contribution < 1.29 is 14.7 Å². The number of carbonyl (C=O) groups excluding carboxylic acids is 1. The summed E-state index contributed by atoms with van der Waals surface area (Å²) in [6.45, 7) is 0.153. The van der Waals surface area contributed by atoms with Gasteiger partial charge in [0.05, 0.1) is 11.6 Å². The van der Waals surface area contributed by atoms with Gasteiger partial charge in [-0.25, -0.2) is 0 Å². The van der Waals surface area contributed by atoms with Gasteiger partial charge in [0.1, 0.15) is 0 Å². The molecule has 0 aliphatic carbocycles. The molecular formula is C10H10N2O4. The van der Waals surface area contributed by atoms with Crippen LogP contribution in [0.25, 0.3) is 0 Å². The van der Waals surface area contributed by atoms with Gasteiger partial charge in [-0.3, -0.25) is 14.4 Å². The molecule has 1 fully saturated rings. The van der Waals surface area contributed by atoms with Crippen molar-refractivity contribution in [1.29, 1.82) is 0 Å². The number of anilines is 1. The summed E-state index contributed by atoms with van der Waals surface area (Å²) in [7, 11) is 0. The standard InChI is InChI=1S/C10H10N2O4/c13-8-2-1-7(4-11-8)12-5-6(10(15)16)3-9(12)14/h1-2,4,6H,3,5H2,(H,11,13)(H,15,16). The molecule has 2 heterocycles. The quantitative estimate of drug-likeness (QED) is 0.725. The van der Waals surface area contributed by atoms with E-state index in [1.165, 1.54) is 23.2 Å². The number of H-pyrrole nitrogens is 1. The number of carbonyl (C=O) groups is 2. The molecule has 0 bridgehead atoms. The van der Waals surface area contributed by atoms with Crippen molar-refractivity contribution in [1.82, 2.24) is 4.98 Å². The Morgan fingerprint density at radius 1 is 1.44 bits per heavy atom. The van der Waals surface area contributed by atoms with E-state index in [2.05, 4.69) is 4.98 Å². The summed E-state index contributed by atoms with van der Waals surface area (Å²) in [4.78, 5) is 36.9. The number of carboxylic acid groups (broad SMARTS) is 1.